The van der Waals surface area contributed by atoms with Crippen LogP contribution in [0.4, 0.5) is 8.78 Å². The fraction of sp³-hybridized carbons (Fsp3) is 0. The molecule has 0 fully saturated rings. The van der Waals surface area contributed by atoms with E-state index in [0.29, 0.717) is 11.1 Å². The first-order valence-corrected chi connectivity index (χ1v) is 6.35. The third-order valence-electron chi connectivity index (χ3n) is 3.23. The van der Waals surface area contributed by atoms with Crippen LogP contribution in [0.5, 0.6) is 0 Å². The molecule has 0 saturated heterocycles. The number of rotatable bonds is 2. The van der Waals surface area contributed by atoms with Crippen molar-refractivity contribution in [1.29, 1.82) is 0 Å². The Balaban J connectivity index is 2.19. The van der Waals surface area contributed by atoms with Crippen LogP contribution >= 0.6 is 0 Å². The molecule has 0 atom stereocenters. The highest BCUT2D eigenvalue weighted by atomic mass is 19.1. The minimum atomic E-state index is -0.548. The Morgan fingerprint density at radius 1 is 0.500 bits per heavy atom. The Bertz CT molecular complexity index is 658. The normalized spacial score (nSPS) is 10.5. The van der Waals surface area contributed by atoms with Gasteiger partial charge < -0.3 is 0 Å². The van der Waals surface area contributed by atoms with Gasteiger partial charge in [-0.15, -0.1) is 0 Å². The quantitative estimate of drug-likeness (QED) is 0.590. The summed E-state index contributed by atoms with van der Waals surface area (Å²) in [5.74, 6) is -1.10. The lowest BCUT2D eigenvalue weighted by molar-refractivity contribution is 0.588. The number of halogens is 2. The predicted octanol–water partition coefficient (Wildman–Crippen LogP) is 5.30. The molecule has 0 amide bonds. The molecule has 2 heteroatoms. The van der Waals surface area contributed by atoms with Crippen LogP contribution in [0.25, 0.3) is 22.3 Å². The van der Waals surface area contributed by atoms with Crippen molar-refractivity contribution in [3.63, 3.8) is 0 Å². The van der Waals surface area contributed by atoms with Crippen LogP contribution < -0.4 is 0 Å². The van der Waals surface area contributed by atoms with E-state index < -0.39 is 11.6 Å². The number of benzene rings is 3. The summed E-state index contributed by atoms with van der Waals surface area (Å²) < 4.78 is 28.0. The molecule has 0 bridgehead atoms. The van der Waals surface area contributed by atoms with E-state index in [0.717, 1.165) is 17.2 Å². The summed E-state index contributed by atoms with van der Waals surface area (Å²) in [7, 11) is 0. The summed E-state index contributed by atoms with van der Waals surface area (Å²) in [5, 5.41) is 0. The third kappa shape index (κ3) is 2.32. The van der Waals surface area contributed by atoms with Gasteiger partial charge in [-0.3, -0.25) is 0 Å². The van der Waals surface area contributed by atoms with Crippen LogP contribution in [-0.4, -0.2) is 0 Å². The van der Waals surface area contributed by atoms with Crippen molar-refractivity contribution in [1.82, 2.24) is 0 Å². The summed E-state index contributed by atoms with van der Waals surface area (Å²) in [6, 6.07) is 20.8. The van der Waals surface area contributed by atoms with Gasteiger partial charge in [-0.25, -0.2) is 8.78 Å². The Morgan fingerprint density at radius 2 is 0.900 bits per heavy atom. The van der Waals surface area contributed by atoms with Crippen LogP contribution in [0.3, 0.4) is 0 Å². The molecule has 3 rings (SSSR count). The third-order valence-corrected chi connectivity index (χ3v) is 3.23. The Kier molecular flexibility index (Phi) is 3.30. The molecule has 3 aromatic rings. The largest absolute Gasteiger partial charge is 0.206 e. The fourth-order valence-corrected chi connectivity index (χ4v) is 2.23. The molecule has 0 aliphatic carbocycles. The highest BCUT2D eigenvalue weighted by Gasteiger charge is 2.12. The van der Waals surface area contributed by atoms with Crippen LogP contribution in [0.2, 0.25) is 0 Å². The monoisotopic (exact) mass is 266 g/mol. The van der Waals surface area contributed by atoms with Gasteiger partial charge in [0, 0.05) is 17.2 Å². The summed E-state index contributed by atoms with van der Waals surface area (Å²) in [4.78, 5) is 0. The molecule has 98 valence electrons. The maximum absolute atomic E-state index is 14.0. The maximum Gasteiger partial charge on any atom is 0.133 e. The second-order valence-corrected chi connectivity index (χ2v) is 4.54. The molecule has 0 nitrogen and oxygen atoms in total. The molecule has 0 spiro atoms. The summed E-state index contributed by atoms with van der Waals surface area (Å²) in [6.45, 7) is 0. The van der Waals surface area contributed by atoms with Crippen LogP contribution in [-0.2, 0) is 0 Å². The lowest BCUT2D eigenvalue weighted by Crippen LogP contribution is -1.91. The minimum Gasteiger partial charge on any atom is -0.206 e. The first-order chi connectivity index (χ1) is 9.75. The number of hydrogen-bond acceptors (Lipinski definition) is 0. The van der Waals surface area contributed by atoms with Gasteiger partial charge in [0.05, 0.1) is 0 Å². The predicted molar refractivity (Wildman–Crippen MR) is 77.2 cm³/mol. The lowest BCUT2D eigenvalue weighted by atomic mass is 9.98. The van der Waals surface area contributed by atoms with Gasteiger partial charge in [0.15, 0.2) is 0 Å². The molecule has 0 unspecified atom stereocenters. The Labute approximate surface area is 116 Å². The van der Waals surface area contributed by atoms with E-state index in [4.69, 9.17) is 0 Å². The molecular weight excluding hydrogens is 254 g/mol. The molecule has 3 aromatic carbocycles. The summed E-state index contributed by atoms with van der Waals surface area (Å²) >= 11 is 0. The first-order valence-electron chi connectivity index (χ1n) is 6.35. The van der Waals surface area contributed by atoms with E-state index >= 15 is 0 Å². The van der Waals surface area contributed by atoms with Gasteiger partial charge in [0.25, 0.3) is 0 Å². The lowest BCUT2D eigenvalue weighted by Gasteiger charge is -2.09. The topological polar surface area (TPSA) is 0 Å². The van der Waals surface area contributed by atoms with E-state index in [2.05, 4.69) is 0 Å². The highest BCUT2D eigenvalue weighted by molar-refractivity contribution is 5.73. The molecule has 0 heterocycles. The smallest absolute Gasteiger partial charge is 0.133 e. The molecule has 0 saturated carbocycles. The molecule has 0 aromatic heterocycles. The molecular formula is C18H12F2. The fourth-order valence-electron chi connectivity index (χ4n) is 2.23. The summed E-state index contributed by atoms with van der Waals surface area (Å²) in [5.41, 5.74) is 2.29. The van der Waals surface area contributed by atoms with Crippen molar-refractivity contribution in [2.45, 2.75) is 0 Å². The zero-order valence-electron chi connectivity index (χ0n) is 10.7. The van der Waals surface area contributed by atoms with E-state index in [1.54, 1.807) is 6.07 Å². The van der Waals surface area contributed by atoms with Crippen molar-refractivity contribution in [3.8, 4) is 22.3 Å². The molecule has 0 N–H and O–H groups in total. The van der Waals surface area contributed by atoms with Gasteiger partial charge in [-0.1, -0.05) is 60.7 Å². The average molecular weight is 266 g/mol. The maximum atomic E-state index is 14.0. The van der Waals surface area contributed by atoms with E-state index in [1.165, 1.54) is 0 Å². The molecule has 0 radical (unpaired) electrons. The van der Waals surface area contributed by atoms with Crippen LogP contribution in [0.1, 0.15) is 0 Å². The zero-order valence-corrected chi connectivity index (χ0v) is 10.7. The van der Waals surface area contributed by atoms with E-state index in [1.807, 2.05) is 60.7 Å². The van der Waals surface area contributed by atoms with E-state index in [9.17, 15) is 8.78 Å². The van der Waals surface area contributed by atoms with Crippen LogP contribution in [0, 0.1) is 11.6 Å². The van der Waals surface area contributed by atoms with Gasteiger partial charge in [-0.2, -0.15) is 0 Å². The number of hydrogen-bond donors (Lipinski definition) is 0. The standard InChI is InChI=1S/C18H12F2/c19-17-12-18(20)16(14-9-5-2-6-10-14)11-15(17)13-7-3-1-4-8-13/h1-12H. The SMILES string of the molecule is Fc1cc(F)c(-c2ccccc2)cc1-c1ccccc1. The van der Waals surface area contributed by atoms with Crippen molar-refractivity contribution in [2.24, 2.45) is 0 Å². The van der Waals surface area contributed by atoms with Gasteiger partial charge in [0.2, 0.25) is 0 Å². The average Bonchev–Trinajstić information content (AvgIpc) is 2.49. The minimum absolute atomic E-state index is 0.408. The van der Waals surface area contributed by atoms with Crippen molar-refractivity contribution in [3.05, 3.63) is 84.4 Å². The van der Waals surface area contributed by atoms with E-state index in [-0.39, 0.29) is 0 Å². The molecule has 0 aliphatic heterocycles. The molecule has 20 heavy (non-hydrogen) atoms. The van der Waals surface area contributed by atoms with Gasteiger partial charge in [0.1, 0.15) is 11.6 Å². The highest BCUT2D eigenvalue weighted by Crippen LogP contribution is 2.31. The van der Waals surface area contributed by atoms with Gasteiger partial charge >= 0.3 is 0 Å². The summed E-state index contributed by atoms with van der Waals surface area (Å²) in [6.07, 6.45) is 0. The van der Waals surface area contributed by atoms with Crippen molar-refractivity contribution in [2.75, 3.05) is 0 Å². The Hall–Kier alpha value is -2.48. The second-order valence-electron chi connectivity index (χ2n) is 4.54. The molecule has 0 aliphatic rings. The van der Waals surface area contributed by atoms with Crippen molar-refractivity contribution < 1.29 is 8.78 Å². The zero-order chi connectivity index (χ0) is 13.9. The van der Waals surface area contributed by atoms with Crippen molar-refractivity contribution >= 4 is 0 Å². The Morgan fingerprint density at radius 3 is 1.30 bits per heavy atom. The van der Waals surface area contributed by atoms with Gasteiger partial charge in [-0.05, 0) is 17.2 Å². The van der Waals surface area contributed by atoms with Crippen LogP contribution in [0.15, 0.2) is 72.8 Å². The second kappa shape index (κ2) is 5.25. The first kappa shape index (κ1) is 12.5.